The van der Waals surface area contributed by atoms with E-state index < -0.39 is 28.1 Å². The molecule has 3 rings (SSSR count). The number of halogens is 1. The highest BCUT2D eigenvalue weighted by molar-refractivity contribution is 7.98. The molecule has 1 atom stereocenters. The fourth-order valence-corrected chi connectivity index (χ4v) is 3.50. The molecule has 1 aliphatic heterocycles. The maximum absolute atomic E-state index is 14.6. The van der Waals surface area contributed by atoms with Crippen molar-refractivity contribution < 1.29 is 26.5 Å². The van der Waals surface area contributed by atoms with Crippen molar-refractivity contribution in [2.75, 3.05) is 30.6 Å². The Balaban J connectivity index is 1.76. The summed E-state index contributed by atoms with van der Waals surface area (Å²) < 4.78 is 46.4. The van der Waals surface area contributed by atoms with Gasteiger partial charge in [0, 0.05) is 10.5 Å². The van der Waals surface area contributed by atoms with Crippen molar-refractivity contribution in [2.24, 2.45) is 0 Å². The molecule has 1 aliphatic rings. The Hall–Kier alpha value is -2.10. The van der Waals surface area contributed by atoms with Crippen LogP contribution in [0.3, 0.4) is 0 Å². The van der Waals surface area contributed by atoms with Gasteiger partial charge in [0.05, 0.1) is 18.5 Å². The molecule has 1 amide bonds. The first-order valence-electron chi connectivity index (χ1n) is 8.03. The van der Waals surface area contributed by atoms with Crippen LogP contribution in [-0.2, 0) is 19.0 Å². The van der Waals surface area contributed by atoms with E-state index in [0.717, 1.165) is 16.7 Å². The van der Waals surface area contributed by atoms with E-state index in [0.29, 0.717) is 11.3 Å². The molecule has 1 saturated heterocycles. The predicted molar refractivity (Wildman–Crippen MR) is 102 cm³/mol. The number of anilines is 1. The molecule has 0 radical (unpaired) electrons. The standard InChI is InChI=1S/C18H18FNO5S2/c1-26-15-6-3-12(4-7-15)16-8-5-13(9-17(16)19)20-10-14(25-18(20)21)11-24-27(2,22)23/h3-9,14H,10-11H2,1-2H3/t14-/m1/s1. The summed E-state index contributed by atoms with van der Waals surface area (Å²) in [4.78, 5) is 14.4. The molecule has 2 aromatic carbocycles. The van der Waals surface area contributed by atoms with E-state index >= 15 is 0 Å². The van der Waals surface area contributed by atoms with Crippen LogP contribution >= 0.6 is 11.8 Å². The fraction of sp³-hybridized carbons (Fsp3) is 0.278. The number of hydrogen-bond donors (Lipinski definition) is 0. The molecule has 2 aromatic rings. The molecule has 27 heavy (non-hydrogen) atoms. The summed E-state index contributed by atoms with van der Waals surface area (Å²) in [5, 5.41) is 0. The molecule has 0 N–H and O–H groups in total. The first-order chi connectivity index (χ1) is 12.8. The van der Waals surface area contributed by atoms with Gasteiger partial charge in [0.1, 0.15) is 18.5 Å². The van der Waals surface area contributed by atoms with Crippen molar-refractivity contribution in [1.29, 1.82) is 0 Å². The quantitative estimate of drug-likeness (QED) is 0.535. The Labute approximate surface area is 161 Å². The molecule has 9 heteroatoms. The maximum atomic E-state index is 14.6. The summed E-state index contributed by atoms with van der Waals surface area (Å²) in [6.07, 6.45) is 1.47. The Bertz CT molecular complexity index is 947. The number of hydrogen-bond acceptors (Lipinski definition) is 6. The van der Waals surface area contributed by atoms with Crippen LogP contribution in [0.2, 0.25) is 0 Å². The van der Waals surface area contributed by atoms with Gasteiger partial charge in [0.2, 0.25) is 0 Å². The molecule has 0 saturated carbocycles. The number of rotatable bonds is 6. The van der Waals surface area contributed by atoms with Gasteiger partial charge in [-0.05, 0) is 42.2 Å². The number of carbonyl (C=O) groups is 1. The molecule has 0 bridgehead atoms. The summed E-state index contributed by atoms with van der Waals surface area (Å²) in [6, 6.07) is 12.0. The predicted octanol–water partition coefficient (Wildman–Crippen LogP) is 3.52. The van der Waals surface area contributed by atoms with Crippen molar-refractivity contribution in [2.45, 2.75) is 11.0 Å². The molecule has 0 aromatic heterocycles. The fourth-order valence-electron chi connectivity index (χ4n) is 2.70. The third-order valence-corrected chi connectivity index (χ3v) is 5.32. The average molecular weight is 411 g/mol. The van der Waals surface area contributed by atoms with Crippen molar-refractivity contribution in [3.8, 4) is 11.1 Å². The number of carbonyl (C=O) groups excluding carboxylic acids is 1. The number of benzene rings is 2. The number of amides is 1. The number of thioether (sulfide) groups is 1. The zero-order valence-electron chi connectivity index (χ0n) is 14.7. The lowest BCUT2D eigenvalue weighted by Gasteiger charge is -2.14. The topological polar surface area (TPSA) is 72.9 Å². The molecule has 0 unspecified atom stereocenters. The first kappa shape index (κ1) is 19.7. The van der Waals surface area contributed by atoms with E-state index in [1.54, 1.807) is 23.9 Å². The first-order valence-corrected chi connectivity index (χ1v) is 11.1. The maximum Gasteiger partial charge on any atom is 0.414 e. The van der Waals surface area contributed by atoms with Gasteiger partial charge < -0.3 is 4.74 Å². The summed E-state index contributed by atoms with van der Waals surface area (Å²) in [6.45, 7) is -0.195. The molecule has 0 spiro atoms. The minimum atomic E-state index is -3.63. The highest BCUT2D eigenvalue weighted by atomic mass is 32.2. The largest absolute Gasteiger partial charge is 0.441 e. The second kappa shape index (κ2) is 7.87. The van der Waals surface area contributed by atoms with Gasteiger partial charge in [0.25, 0.3) is 10.1 Å². The number of ether oxygens (including phenoxy) is 1. The molecular formula is C18H18FNO5S2. The van der Waals surface area contributed by atoms with Crippen molar-refractivity contribution >= 4 is 33.7 Å². The van der Waals surface area contributed by atoms with Crippen LogP contribution in [0, 0.1) is 5.82 Å². The lowest BCUT2D eigenvalue weighted by atomic mass is 10.0. The van der Waals surface area contributed by atoms with Gasteiger partial charge in [-0.1, -0.05) is 12.1 Å². The molecule has 6 nitrogen and oxygen atoms in total. The number of nitrogens with zero attached hydrogens (tertiary/aromatic N) is 1. The summed E-state index contributed by atoms with van der Waals surface area (Å²) in [7, 11) is -3.63. The Kier molecular flexibility index (Phi) is 5.73. The van der Waals surface area contributed by atoms with Gasteiger partial charge in [-0.15, -0.1) is 11.8 Å². The van der Waals surface area contributed by atoms with E-state index in [1.165, 1.54) is 11.0 Å². The van der Waals surface area contributed by atoms with Crippen molar-refractivity contribution in [3.63, 3.8) is 0 Å². The summed E-state index contributed by atoms with van der Waals surface area (Å²) in [5.74, 6) is -0.465. The normalized spacial score (nSPS) is 17.2. The van der Waals surface area contributed by atoms with Gasteiger partial charge in [-0.2, -0.15) is 8.42 Å². The van der Waals surface area contributed by atoms with Crippen LogP contribution in [0.4, 0.5) is 14.9 Å². The van der Waals surface area contributed by atoms with Crippen LogP contribution in [0.1, 0.15) is 0 Å². The van der Waals surface area contributed by atoms with Crippen LogP contribution < -0.4 is 4.90 Å². The highest BCUT2D eigenvalue weighted by Crippen LogP contribution is 2.30. The Morgan fingerprint density at radius 3 is 2.56 bits per heavy atom. The lowest BCUT2D eigenvalue weighted by molar-refractivity contribution is 0.107. The van der Waals surface area contributed by atoms with E-state index in [1.807, 2.05) is 30.5 Å². The van der Waals surface area contributed by atoms with Crippen LogP contribution in [0.25, 0.3) is 11.1 Å². The molecule has 144 valence electrons. The van der Waals surface area contributed by atoms with Crippen molar-refractivity contribution in [3.05, 3.63) is 48.3 Å². The van der Waals surface area contributed by atoms with Crippen molar-refractivity contribution in [1.82, 2.24) is 0 Å². The van der Waals surface area contributed by atoms with Crippen LogP contribution in [0.15, 0.2) is 47.4 Å². The Morgan fingerprint density at radius 1 is 1.26 bits per heavy atom. The second-order valence-electron chi connectivity index (χ2n) is 6.00. The van der Waals surface area contributed by atoms with Gasteiger partial charge in [-0.25, -0.2) is 9.18 Å². The summed E-state index contributed by atoms with van der Waals surface area (Å²) >= 11 is 1.60. The molecule has 0 aliphatic carbocycles. The minimum Gasteiger partial charge on any atom is -0.441 e. The average Bonchev–Trinajstić information content (AvgIpc) is 3.00. The van der Waals surface area contributed by atoms with Gasteiger partial charge in [0.15, 0.2) is 0 Å². The summed E-state index contributed by atoms with van der Waals surface area (Å²) in [5.41, 5.74) is 1.50. The molecule has 1 heterocycles. The second-order valence-corrected chi connectivity index (χ2v) is 8.52. The lowest BCUT2D eigenvalue weighted by Crippen LogP contribution is -2.26. The monoisotopic (exact) mass is 411 g/mol. The van der Waals surface area contributed by atoms with E-state index in [9.17, 15) is 17.6 Å². The smallest absolute Gasteiger partial charge is 0.414 e. The number of cyclic esters (lactones) is 1. The Morgan fingerprint density at radius 2 is 1.96 bits per heavy atom. The highest BCUT2D eigenvalue weighted by Gasteiger charge is 2.33. The van der Waals surface area contributed by atoms with E-state index in [-0.39, 0.29) is 13.2 Å². The minimum absolute atomic E-state index is 0.0789. The molecule has 1 fully saturated rings. The molecular weight excluding hydrogens is 393 g/mol. The van der Waals surface area contributed by atoms with Crippen LogP contribution in [-0.4, -0.2) is 46.3 Å². The SMILES string of the molecule is CSc1ccc(-c2ccc(N3C[C@H](COS(C)(=O)=O)OC3=O)cc2F)cc1. The van der Waals surface area contributed by atoms with Crippen LogP contribution in [0.5, 0.6) is 0 Å². The van der Waals surface area contributed by atoms with Gasteiger partial charge in [-0.3, -0.25) is 9.08 Å². The van der Waals surface area contributed by atoms with Gasteiger partial charge >= 0.3 is 6.09 Å². The zero-order chi connectivity index (χ0) is 19.6. The van der Waals surface area contributed by atoms with E-state index in [2.05, 4.69) is 4.18 Å². The third-order valence-electron chi connectivity index (χ3n) is 4.01. The third kappa shape index (κ3) is 4.79. The zero-order valence-corrected chi connectivity index (χ0v) is 16.3. The van der Waals surface area contributed by atoms with E-state index in [4.69, 9.17) is 4.74 Å².